The molecule has 0 radical (unpaired) electrons. The zero-order valence-corrected chi connectivity index (χ0v) is 17.7. The maximum atomic E-state index is 11.1. The highest BCUT2D eigenvalue weighted by Gasteiger charge is 2.73. The molecular formula is C24H26O3S. The van der Waals surface area contributed by atoms with Crippen LogP contribution in [-0.2, 0) is 5.41 Å². The van der Waals surface area contributed by atoms with Gasteiger partial charge in [-0.25, -0.2) is 4.79 Å². The number of carboxylic acid groups (broad SMARTS) is 1. The van der Waals surface area contributed by atoms with Crippen molar-refractivity contribution < 1.29 is 14.6 Å². The van der Waals surface area contributed by atoms with E-state index in [1.165, 1.54) is 41.7 Å². The molecule has 4 atom stereocenters. The van der Waals surface area contributed by atoms with Crippen LogP contribution in [0.1, 0.15) is 72.6 Å². The third-order valence-electron chi connectivity index (χ3n) is 8.21. The molecule has 0 amide bonds. The van der Waals surface area contributed by atoms with E-state index in [1.807, 2.05) is 6.07 Å². The highest BCUT2D eigenvalue weighted by molar-refractivity contribution is 7.14. The van der Waals surface area contributed by atoms with E-state index in [0.29, 0.717) is 10.8 Å². The summed E-state index contributed by atoms with van der Waals surface area (Å²) >= 11 is 1.31. The minimum atomic E-state index is -0.867. The molecule has 2 fully saturated rings. The highest BCUT2D eigenvalue weighted by Crippen LogP contribution is 2.73. The number of thiophene rings is 1. The van der Waals surface area contributed by atoms with Gasteiger partial charge >= 0.3 is 5.97 Å². The molecule has 3 nitrogen and oxygen atoms in total. The van der Waals surface area contributed by atoms with Crippen molar-refractivity contribution in [1.29, 1.82) is 0 Å². The zero-order valence-electron chi connectivity index (χ0n) is 16.8. The molecule has 4 unspecified atom stereocenters. The molecule has 0 spiro atoms. The van der Waals surface area contributed by atoms with E-state index in [-0.39, 0.29) is 16.4 Å². The van der Waals surface area contributed by atoms with E-state index in [9.17, 15) is 4.79 Å². The van der Waals surface area contributed by atoms with Gasteiger partial charge in [0.05, 0.1) is 0 Å². The van der Waals surface area contributed by atoms with E-state index in [2.05, 4.69) is 52.0 Å². The van der Waals surface area contributed by atoms with Crippen LogP contribution in [0.15, 0.2) is 30.3 Å². The lowest BCUT2D eigenvalue weighted by Gasteiger charge is -2.48. The van der Waals surface area contributed by atoms with E-state index < -0.39 is 5.97 Å². The Morgan fingerprint density at radius 1 is 1.25 bits per heavy atom. The Balaban J connectivity index is 1.56. The van der Waals surface area contributed by atoms with Gasteiger partial charge in [0.15, 0.2) is 0 Å². The van der Waals surface area contributed by atoms with Crippen molar-refractivity contribution in [3.8, 4) is 5.75 Å². The van der Waals surface area contributed by atoms with Gasteiger partial charge in [0.2, 0.25) is 0 Å². The highest BCUT2D eigenvalue weighted by atomic mass is 32.1. The summed E-state index contributed by atoms with van der Waals surface area (Å²) in [5.74, 6) is 0.813. The first-order valence-electron chi connectivity index (χ1n) is 10.0. The number of hydrogen-bond acceptors (Lipinski definition) is 3. The maximum Gasteiger partial charge on any atom is 0.345 e. The van der Waals surface area contributed by atoms with Crippen molar-refractivity contribution in [3.05, 3.63) is 51.2 Å². The second-order valence-corrected chi connectivity index (χ2v) is 10.5. The molecule has 1 N–H and O–H groups in total. The molecule has 5 rings (SSSR count). The smallest absolute Gasteiger partial charge is 0.345 e. The number of carboxylic acids is 1. The molecule has 2 aromatic rings. The lowest BCUT2D eigenvalue weighted by Crippen LogP contribution is -2.54. The molecular weight excluding hydrogens is 368 g/mol. The average Bonchev–Trinajstić information content (AvgIpc) is 3.35. The average molecular weight is 395 g/mol. The van der Waals surface area contributed by atoms with Gasteiger partial charge < -0.3 is 9.84 Å². The van der Waals surface area contributed by atoms with E-state index in [1.54, 1.807) is 6.07 Å². The molecule has 3 aliphatic rings. The van der Waals surface area contributed by atoms with Crippen LogP contribution in [0.4, 0.5) is 0 Å². The molecule has 2 aliphatic carbocycles. The molecule has 1 aromatic heterocycles. The lowest BCUT2D eigenvalue weighted by atomic mass is 9.56. The van der Waals surface area contributed by atoms with Crippen molar-refractivity contribution in [2.45, 2.75) is 58.0 Å². The van der Waals surface area contributed by atoms with Gasteiger partial charge in [0.25, 0.3) is 0 Å². The summed E-state index contributed by atoms with van der Waals surface area (Å²) in [4.78, 5) is 12.5. The number of allylic oxidation sites excluding steroid dienone is 1. The quantitative estimate of drug-likeness (QED) is 0.671. The Bertz CT molecular complexity index is 1030. The number of hydrogen-bond donors (Lipinski definition) is 1. The van der Waals surface area contributed by atoms with Crippen molar-refractivity contribution in [2.24, 2.45) is 11.3 Å². The van der Waals surface area contributed by atoms with Crippen LogP contribution in [0.2, 0.25) is 0 Å². The minimum Gasteiger partial charge on any atom is -0.486 e. The summed E-state index contributed by atoms with van der Waals surface area (Å²) in [6.45, 7) is 9.29. The topological polar surface area (TPSA) is 46.5 Å². The summed E-state index contributed by atoms with van der Waals surface area (Å²) in [6, 6.07) is 10.1. The van der Waals surface area contributed by atoms with Gasteiger partial charge in [-0.15, -0.1) is 11.3 Å². The Morgan fingerprint density at radius 2 is 2.04 bits per heavy atom. The molecule has 2 bridgehead atoms. The molecule has 0 saturated heterocycles. The summed E-state index contributed by atoms with van der Waals surface area (Å²) in [7, 11) is 0. The number of carbonyl (C=O) groups is 1. The number of aromatic carboxylic acids is 1. The van der Waals surface area contributed by atoms with Crippen LogP contribution in [0.25, 0.3) is 11.6 Å². The van der Waals surface area contributed by atoms with Crippen LogP contribution < -0.4 is 4.74 Å². The predicted molar refractivity (Wildman–Crippen MR) is 113 cm³/mol. The third-order valence-corrected chi connectivity index (χ3v) is 9.23. The lowest BCUT2D eigenvalue weighted by molar-refractivity contribution is -0.0260. The summed E-state index contributed by atoms with van der Waals surface area (Å²) in [5, 5.41) is 9.15. The van der Waals surface area contributed by atoms with Crippen molar-refractivity contribution in [2.75, 3.05) is 0 Å². The molecule has 28 heavy (non-hydrogen) atoms. The zero-order chi connectivity index (χ0) is 19.9. The fourth-order valence-corrected chi connectivity index (χ4v) is 7.13. The fraction of sp³-hybridized carbons (Fsp3) is 0.458. The normalized spacial score (nSPS) is 35.6. The first-order valence-corrected chi connectivity index (χ1v) is 10.8. The van der Waals surface area contributed by atoms with Crippen LogP contribution in [0.3, 0.4) is 0 Å². The van der Waals surface area contributed by atoms with Gasteiger partial charge in [-0.05, 0) is 85.9 Å². The van der Waals surface area contributed by atoms with E-state index >= 15 is 0 Å². The Morgan fingerprint density at radius 3 is 2.75 bits per heavy atom. The summed E-state index contributed by atoms with van der Waals surface area (Å²) < 4.78 is 6.62. The molecule has 1 aliphatic heterocycles. The Kier molecular flexibility index (Phi) is 3.54. The molecule has 146 valence electrons. The van der Waals surface area contributed by atoms with Crippen molar-refractivity contribution in [1.82, 2.24) is 0 Å². The predicted octanol–water partition coefficient (Wildman–Crippen LogP) is 6.24. The SMILES string of the molecule is CC(=Cc1ccc(C(=O)O)s1)c1ccc2c(c1)C1(C)C3(C)CCC(C3)C1(C)O2. The van der Waals surface area contributed by atoms with Crippen LogP contribution in [0, 0.1) is 11.3 Å². The van der Waals surface area contributed by atoms with Crippen LogP contribution >= 0.6 is 11.3 Å². The van der Waals surface area contributed by atoms with E-state index in [0.717, 1.165) is 16.2 Å². The van der Waals surface area contributed by atoms with Crippen LogP contribution in [-0.4, -0.2) is 16.7 Å². The first kappa shape index (κ1) is 18.0. The van der Waals surface area contributed by atoms with Gasteiger partial charge in [-0.1, -0.05) is 19.9 Å². The molecule has 1 aromatic carbocycles. The monoisotopic (exact) mass is 394 g/mol. The summed E-state index contributed by atoms with van der Waals surface area (Å²) in [5.41, 5.74) is 3.90. The maximum absolute atomic E-state index is 11.1. The number of fused-ring (bicyclic) bond motifs is 7. The van der Waals surface area contributed by atoms with Gasteiger partial charge in [-0.2, -0.15) is 0 Å². The number of ether oxygens (including phenoxy) is 1. The number of rotatable bonds is 3. The molecule has 2 heterocycles. The van der Waals surface area contributed by atoms with Crippen molar-refractivity contribution >= 4 is 29.0 Å². The van der Waals surface area contributed by atoms with Gasteiger partial charge in [0, 0.05) is 15.9 Å². The van der Waals surface area contributed by atoms with Gasteiger partial charge in [-0.3, -0.25) is 0 Å². The fourth-order valence-electron chi connectivity index (χ4n) is 6.28. The first-order chi connectivity index (χ1) is 13.2. The molecule has 4 heteroatoms. The molecule has 2 saturated carbocycles. The third kappa shape index (κ3) is 2.07. The van der Waals surface area contributed by atoms with E-state index in [4.69, 9.17) is 9.84 Å². The minimum absolute atomic E-state index is 0.0357. The van der Waals surface area contributed by atoms with Crippen molar-refractivity contribution in [3.63, 3.8) is 0 Å². The van der Waals surface area contributed by atoms with Gasteiger partial charge in [0.1, 0.15) is 16.2 Å². The standard InChI is InChI=1S/C24H26O3S/c1-14(11-17-6-8-20(28-17)21(25)26)15-5-7-19-18(12-15)23(3)22(2)10-9-16(13-22)24(23,4)27-19/h5-8,11-12,16H,9-10,13H2,1-4H3,(H,25,26). The summed E-state index contributed by atoms with van der Waals surface area (Å²) in [6.07, 6.45) is 5.88. The second kappa shape index (κ2) is 5.50. The Hall–Kier alpha value is -2.07. The largest absolute Gasteiger partial charge is 0.486 e. The Labute approximate surface area is 170 Å². The second-order valence-electron chi connectivity index (χ2n) is 9.38. The number of benzene rings is 1. The van der Waals surface area contributed by atoms with Crippen LogP contribution in [0.5, 0.6) is 5.75 Å².